The minimum absolute atomic E-state index is 0.0506. The number of carbonyl (C=O) groups is 1. The van der Waals surface area contributed by atoms with Gasteiger partial charge in [0.05, 0.1) is 12.2 Å². The van der Waals surface area contributed by atoms with E-state index < -0.39 is 0 Å². The van der Waals surface area contributed by atoms with Crippen LogP contribution in [0, 0.1) is 5.92 Å². The molecule has 0 saturated carbocycles. The molecular weight excluding hydrogens is 204 g/mol. The maximum absolute atomic E-state index is 11.9. The van der Waals surface area contributed by atoms with Gasteiger partial charge in [0, 0.05) is 19.0 Å². The van der Waals surface area contributed by atoms with E-state index in [-0.39, 0.29) is 11.7 Å². The lowest BCUT2D eigenvalue weighted by Crippen LogP contribution is -2.43. The van der Waals surface area contributed by atoms with Gasteiger partial charge in [-0.05, 0) is 6.42 Å². The molecule has 1 saturated heterocycles. The Morgan fingerprint density at radius 1 is 1.69 bits per heavy atom. The Morgan fingerprint density at radius 2 is 2.44 bits per heavy atom. The van der Waals surface area contributed by atoms with Gasteiger partial charge in [-0.3, -0.25) is 4.79 Å². The van der Waals surface area contributed by atoms with E-state index in [1.807, 2.05) is 6.92 Å². The van der Waals surface area contributed by atoms with Gasteiger partial charge < -0.3 is 5.32 Å². The predicted molar refractivity (Wildman–Crippen MR) is 60.3 cm³/mol. The largest absolute Gasteiger partial charge is 0.312 e. The van der Waals surface area contributed by atoms with Crippen molar-refractivity contribution in [3.05, 3.63) is 11.9 Å². The fourth-order valence-corrected chi connectivity index (χ4v) is 1.85. The lowest BCUT2D eigenvalue weighted by Gasteiger charge is -2.26. The minimum Gasteiger partial charge on any atom is -0.312 e. The summed E-state index contributed by atoms with van der Waals surface area (Å²) in [6, 6.07) is 0.371. The summed E-state index contributed by atoms with van der Waals surface area (Å²) in [7, 11) is 0. The zero-order valence-electron chi connectivity index (χ0n) is 9.81. The third kappa shape index (κ3) is 2.14. The van der Waals surface area contributed by atoms with Crippen molar-refractivity contribution in [2.24, 2.45) is 5.92 Å². The number of aromatic nitrogens is 3. The molecule has 2 heterocycles. The van der Waals surface area contributed by atoms with E-state index in [2.05, 4.69) is 22.6 Å². The quantitative estimate of drug-likeness (QED) is 0.756. The first-order valence-electron chi connectivity index (χ1n) is 5.89. The summed E-state index contributed by atoms with van der Waals surface area (Å²) >= 11 is 0. The minimum atomic E-state index is 0.0506. The third-order valence-corrected chi connectivity index (χ3v) is 3.07. The van der Waals surface area contributed by atoms with E-state index in [4.69, 9.17) is 0 Å². The highest BCUT2D eigenvalue weighted by Crippen LogP contribution is 2.14. The molecule has 88 valence electrons. The highest BCUT2D eigenvalue weighted by molar-refractivity contribution is 5.95. The van der Waals surface area contributed by atoms with Crippen molar-refractivity contribution in [2.75, 3.05) is 13.1 Å². The Hall–Kier alpha value is -1.23. The molecule has 0 radical (unpaired) electrons. The third-order valence-electron chi connectivity index (χ3n) is 3.07. The molecule has 5 nitrogen and oxygen atoms in total. The summed E-state index contributed by atoms with van der Waals surface area (Å²) < 4.78 is 1.79. The Labute approximate surface area is 95.2 Å². The van der Waals surface area contributed by atoms with Crippen molar-refractivity contribution in [3.8, 4) is 0 Å². The second-order valence-electron chi connectivity index (χ2n) is 4.45. The molecule has 1 N–H and O–H groups in total. The number of rotatable bonds is 5. The van der Waals surface area contributed by atoms with Gasteiger partial charge >= 0.3 is 0 Å². The van der Waals surface area contributed by atoms with Gasteiger partial charge in [-0.2, -0.15) is 0 Å². The lowest BCUT2D eigenvalue weighted by atomic mass is 9.99. The fraction of sp³-hybridized carbons (Fsp3) is 0.727. The molecule has 1 fully saturated rings. The van der Waals surface area contributed by atoms with Crippen LogP contribution in [0.2, 0.25) is 0 Å². The first-order chi connectivity index (χ1) is 7.72. The highest BCUT2D eigenvalue weighted by atomic mass is 16.1. The first kappa shape index (κ1) is 11.3. The Kier molecular flexibility index (Phi) is 3.33. The van der Waals surface area contributed by atoms with E-state index >= 15 is 0 Å². The summed E-state index contributed by atoms with van der Waals surface area (Å²) in [6.45, 7) is 5.87. The van der Waals surface area contributed by atoms with E-state index in [9.17, 15) is 4.79 Å². The van der Waals surface area contributed by atoms with Gasteiger partial charge in [0.15, 0.2) is 5.78 Å². The molecule has 0 amide bonds. The van der Waals surface area contributed by atoms with Crippen LogP contribution >= 0.6 is 0 Å². The van der Waals surface area contributed by atoms with Crippen molar-refractivity contribution in [2.45, 2.75) is 32.7 Å². The molecule has 0 aromatic carbocycles. The van der Waals surface area contributed by atoms with Crippen LogP contribution in [-0.4, -0.2) is 33.9 Å². The summed E-state index contributed by atoms with van der Waals surface area (Å²) in [4.78, 5) is 11.9. The molecule has 1 atom stereocenters. The summed E-state index contributed by atoms with van der Waals surface area (Å²) in [6.07, 6.45) is 3.71. The number of hydrogen-bond donors (Lipinski definition) is 1. The molecule has 1 unspecified atom stereocenters. The van der Waals surface area contributed by atoms with Gasteiger partial charge in [0.1, 0.15) is 5.69 Å². The van der Waals surface area contributed by atoms with E-state index in [1.54, 1.807) is 10.9 Å². The number of Topliss-reactive ketones (excluding diaryl/α,β-unsaturated/α-hetero) is 1. The Bertz CT molecular complexity index is 370. The molecule has 1 aliphatic rings. The normalized spacial score (nSPS) is 18.1. The molecule has 2 rings (SSSR count). The number of nitrogens with zero attached hydrogens (tertiary/aromatic N) is 3. The Morgan fingerprint density at radius 3 is 3.00 bits per heavy atom. The maximum atomic E-state index is 11.9. The van der Waals surface area contributed by atoms with E-state index in [1.165, 1.54) is 0 Å². The SMILES string of the molecule is CCCC(C)C(=O)c1cn(C2CNC2)nn1. The Balaban J connectivity index is 2.03. The predicted octanol–water partition coefficient (Wildman–Crippen LogP) is 1.04. The van der Waals surface area contributed by atoms with Crippen LogP contribution in [-0.2, 0) is 0 Å². The number of nitrogens with one attached hydrogen (secondary N) is 1. The smallest absolute Gasteiger partial charge is 0.187 e. The van der Waals surface area contributed by atoms with E-state index in [0.29, 0.717) is 11.7 Å². The standard InChI is InChI=1S/C11H18N4O/c1-3-4-8(2)11(16)10-7-15(14-13-10)9-5-12-6-9/h7-9,12H,3-6H2,1-2H3. The molecule has 0 spiro atoms. The monoisotopic (exact) mass is 222 g/mol. The average Bonchev–Trinajstić information content (AvgIpc) is 2.63. The van der Waals surface area contributed by atoms with Crippen molar-refractivity contribution in [3.63, 3.8) is 0 Å². The van der Waals surface area contributed by atoms with Crippen molar-refractivity contribution >= 4 is 5.78 Å². The molecule has 1 aromatic heterocycles. The average molecular weight is 222 g/mol. The molecule has 0 bridgehead atoms. The van der Waals surface area contributed by atoms with Gasteiger partial charge in [-0.25, -0.2) is 4.68 Å². The van der Waals surface area contributed by atoms with Crippen molar-refractivity contribution in [1.29, 1.82) is 0 Å². The van der Waals surface area contributed by atoms with Gasteiger partial charge in [-0.1, -0.05) is 25.5 Å². The maximum Gasteiger partial charge on any atom is 0.187 e. The second-order valence-corrected chi connectivity index (χ2v) is 4.45. The zero-order valence-corrected chi connectivity index (χ0v) is 9.81. The number of carbonyl (C=O) groups excluding carboxylic acids is 1. The second kappa shape index (κ2) is 4.74. The molecule has 1 aromatic rings. The number of hydrogen-bond acceptors (Lipinski definition) is 4. The molecule has 5 heteroatoms. The van der Waals surface area contributed by atoms with Crippen LogP contribution in [0.3, 0.4) is 0 Å². The van der Waals surface area contributed by atoms with Gasteiger partial charge in [-0.15, -0.1) is 5.10 Å². The van der Waals surface area contributed by atoms with Crippen LogP contribution < -0.4 is 5.32 Å². The topological polar surface area (TPSA) is 59.8 Å². The van der Waals surface area contributed by atoms with Gasteiger partial charge in [0.2, 0.25) is 0 Å². The zero-order chi connectivity index (χ0) is 11.5. The van der Waals surface area contributed by atoms with E-state index in [0.717, 1.165) is 25.9 Å². The van der Waals surface area contributed by atoms with Crippen LogP contribution in [0.5, 0.6) is 0 Å². The molecule has 16 heavy (non-hydrogen) atoms. The highest BCUT2D eigenvalue weighted by Gasteiger charge is 2.23. The van der Waals surface area contributed by atoms with Crippen LogP contribution in [0.15, 0.2) is 6.20 Å². The van der Waals surface area contributed by atoms with Crippen molar-refractivity contribution < 1.29 is 4.79 Å². The van der Waals surface area contributed by atoms with Crippen LogP contribution in [0.1, 0.15) is 43.2 Å². The number of ketones is 1. The summed E-state index contributed by atoms with van der Waals surface area (Å²) in [5, 5.41) is 11.1. The summed E-state index contributed by atoms with van der Waals surface area (Å²) in [5.41, 5.74) is 0.507. The molecular formula is C11H18N4O. The lowest BCUT2D eigenvalue weighted by molar-refractivity contribution is 0.0918. The molecule has 1 aliphatic heterocycles. The van der Waals surface area contributed by atoms with Crippen LogP contribution in [0.25, 0.3) is 0 Å². The van der Waals surface area contributed by atoms with Crippen molar-refractivity contribution in [1.82, 2.24) is 20.3 Å². The molecule has 0 aliphatic carbocycles. The fourth-order valence-electron chi connectivity index (χ4n) is 1.85. The van der Waals surface area contributed by atoms with Crippen LogP contribution in [0.4, 0.5) is 0 Å². The van der Waals surface area contributed by atoms with Gasteiger partial charge in [0.25, 0.3) is 0 Å². The first-order valence-corrected chi connectivity index (χ1v) is 5.89. The summed E-state index contributed by atoms with van der Waals surface area (Å²) in [5.74, 6) is 0.162.